The number of rotatable bonds is 4. The fourth-order valence-corrected chi connectivity index (χ4v) is 2.05. The van der Waals surface area contributed by atoms with Gasteiger partial charge in [0.15, 0.2) is 0 Å². The van der Waals surface area contributed by atoms with Crippen LogP contribution in [0.15, 0.2) is 0 Å². The fraction of sp³-hybridized carbons (Fsp3) is 1.00. The van der Waals surface area contributed by atoms with Crippen molar-refractivity contribution < 1.29 is 18.9 Å². The van der Waals surface area contributed by atoms with Gasteiger partial charge in [-0.3, -0.25) is 4.52 Å². The second-order valence-electron chi connectivity index (χ2n) is 2.17. The van der Waals surface area contributed by atoms with Crippen molar-refractivity contribution in [3.8, 4) is 0 Å². The quantitative estimate of drug-likeness (QED) is 0.473. The highest BCUT2D eigenvalue weighted by atomic mass is 127. The summed E-state index contributed by atoms with van der Waals surface area (Å²) in [6.07, 6.45) is 1.16. The molecule has 68 valence electrons. The van der Waals surface area contributed by atoms with E-state index >= 15 is 0 Å². The van der Waals surface area contributed by atoms with Crippen LogP contribution in [0, 0.1) is 0 Å². The summed E-state index contributed by atoms with van der Waals surface area (Å²) in [5.74, 6) is 0. The summed E-state index contributed by atoms with van der Waals surface area (Å²) in [4.78, 5) is 17.0. The lowest BCUT2D eigenvalue weighted by Crippen LogP contribution is -2.20. The standard InChI is InChI=1S/C5H12IO4P/c1-3-5(6,4-2)10-11(7,8)9/h3-4H2,1-2H3,(H2,7,8,9). The Labute approximate surface area is 79.7 Å². The molecule has 6 heteroatoms. The first kappa shape index (κ1) is 11.8. The summed E-state index contributed by atoms with van der Waals surface area (Å²) in [5, 5.41) is 0. The predicted octanol–water partition coefficient (Wildman–Crippen LogP) is 2.05. The van der Waals surface area contributed by atoms with Crippen molar-refractivity contribution in [3.05, 3.63) is 0 Å². The van der Waals surface area contributed by atoms with Crippen LogP contribution in [-0.2, 0) is 9.09 Å². The fourth-order valence-electron chi connectivity index (χ4n) is 0.592. The Kier molecular flexibility index (Phi) is 4.50. The van der Waals surface area contributed by atoms with E-state index in [1.807, 2.05) is 36.4 Å². The van der Waals surface area contributed by atoms with E-state index in [1.165, 1.54) is 0 Å². The van der Waals surface area contributed by atoms with Gasteiger partial charge in [-0.25, -0.2) is 4.57 Å². The minimum absolute atomic E-state index is 0.579. The second-order valence-corrected chi connectivity index (χ2v) is 5.30. The lowest BCUT2D eigenvalue weighted by atomic mass is 10.2. The average Bonchev–Trinajstić information content (AvgIpc) is 1.84. The van der Waals surface area contributed by atoms with Crippen molar-refractivity contribution in [2.24, 2.45) is 0 Å². The van der Waals surface area contributed by atoms with E-state index in [-0.39, 0.29) is 0 Å². The molecule has 0 aliphatic rings. The molecule has 0 saturated heterocycles. The number of hydrogen-bond donors (Lipinski definition) is 2. The van der Waals surface area contributed by atoms with Crippen LogP contribution < -0.4 is 0 Å². The van der Waals surface area contributed by atoms with Gasteiger partial charge in [0, 0.05) is 0 Å². The number of halogens is 1. The molecule has 0 bridgehead atoms. The summed E-state index contributed by atoms with van der Waals surface area (Å²) in [7, 11) is -4.33. The lowest BCUT2D eigenvalue weighted by Gasteiger charge is -2.24. The van der Waals surface area contributed by atoms with Crippen LogP contribution in [0.3, 0.4) is 0 Å². The maximum absolute atomic E-state index is 10.4. The van der Waals surface area contributed by atoms with Gasteiger partial charge < -0.3 is 9.79 Å². The van der Waals surface area contributed by atoms with Crippen molar-refractivity contribution in [1.82, 2.24) is 0 Å². The summed E-state index contributed by atoms with van der Waals surface area (Å²) >= 11 is 1.91. The maximum Gasteiger partial charge on any atom is 0.470 e. The van der Waals surface area contributed by atoms with E-state index in [9.17, 15) is 4.57 Å². The molecule has 0 aliphatic carbocycles. The molecule has 0 saturated carbocycles. The molecular formula is C5H12IO4P. The molecule has 0 aromatic heterocycles. The summed E-state index contributed by atoms with van der Waals surface area (Å²) in [5.41, 5.74) is 0. The molecule has 0 aromatic rings. The van der Waals surface area contributed by atoms with Crippen molar-refractivity contribution >= 4 is 30.4 Å². The Morgan fingerprint density at radius 3 is 1.91 bits per heavy atom. The number of hydrogen-bond acceptors (Lipinski definition) is 2. The molecule has 2 N–H and O–H groups in total. The minimum Gasteiger partial charge on any atom is -0.303 e. The van der Waals surface area contributed by atoms with Gasteiger partial charge in [0.2, 0.25) is 0 Å². The van der Waals surface area contributed by atoms with E-state index in [0.29, 0.717) is 12.8 Å². The Bertz CT molecular complexity index is 162. The van der Waals surface area contributed by atoms with Crippen LogP contribution in [0.2, 0.25) is 0 Å². The first-order valence-corrected chi connectivity index (χ1v) is 5.89. The highest BCUT2D eigenvalue weighted by Gasteiger charge is 2.31. The number of phosphoric ester groups is 1. The molecule has 0 aromatic carbocycles. The van der Waals surface area contributed by atoms with E-state index in [0.717, 1.165) is 0 Å². The Morgan fingerprint density at radius 1 is 1.45 bits per heavy atom. The van der Waals surface area contributed by atoms with Gasteiger partial charge in [-0.15, -0.1) is 0 Å². The Balaban J connectivity index is 4.20. The normalized spacial score (nSPS) is 13.5. The van der Waals surface area contributed by atoms with Crippen LogP contribution in [-0.4, -0.2) is 13.4 Å². The average molecular weight is 294 g/mol. The zero-order valence-corrected chi connectivity index (χ0v) is 9.50. The zero-order valence-electron chi connectivity index (χ0n) is 6.45. The van der Waals surface area contributed by atoms with Crippen LogP contribution >= 0.6 is 30.4 Å². The van der Waals surface area contributed by atoms with E-state index in [1.54, 1.807) is 0 Å². The van der Waals surface area contributed by atoms with E-state index < -0.39 is 11.4 Å². The van der Waals surface area contributed by atoms with E-state index in [4.69, 9.17) is 9.79 Å². The second kappa shape index (κ2) is 4.18. The van der Waals surface area contributed by atoms with Crippen LogP contribution in [0.5, 0.6) is 0 Å². The molecule has 0 unspecified atom stereocenters. The summed E-state index contributed by atoms with van der Waals surface area (Å²) in [6, 6.07) is 0. The smallest absolute Gasteiger partial charge is 0.303 e. The molecule has 0 aliphatic heterocycles. The van der Waals surface area contributed by atoms with Gasteiger partial charge in [-0.2, -0.15) is 0 Å². The molecule has 4 nitrogen and oxygen atoms in total. The SMILES string of the molecule is CCC(I)(CC)OP(=O)(O)O. The molecule has 0 radical (unpaired) electrons. The van der Waals surface area contributed by atoms with Crippen LogP contribution in [0.4, 0.5) is 0 Å². The Hall–Kier alpha value is 0.840. The third kappa shape index (κ3) is 5.14. The number of phosphoric acid groups is 1. The van der Waals surface area contributed by atoms with Crippen molar-refractivity contribution in [2.75, 3.05) is 0 Å². The summed E-state index contributed by atoms with van der Waals surface area (Å²) < 4.78 is 14.3. The lowest BCUT2D eigenvalue weighted by molar-refractivity contribution is 0.114. The maximum atomic E-state index is 10.4. The molecule has 0 spiro atoms. The van der Waals surface area contributed by atoms with Crippen molar-refractivity contribution in [2.45, 2.75) is 30.3 Å². The predicted molar refractivity (Wildman–Crippen MR) is 50.5 cm³/mol. The first-order chi connectivity index (χ1) is 4.83. The van der Waals surface area contributed by atoms with Gasteiger partial charge in [-0.1, -0.05) is 13.8 Å². The van der Waals surface area contributed by atoms with Gasteiger partial charge in [0.05, 0.1) is 0 Å². The van der Waals surface area contributed by atoms with Gasteiger partial charge >= 0.3 is 7.82 Å². The summed E-state index contributed by atoms with van der Waals surface area (Å²) in [6.45, 7) is 3.65. The van der Waals surface area contributed by atoms with Crippen LogP contribution in [0.25, 0.3) is 0 Å². The monoisotopic (exact) mass is 294 g/mol. The third-order valence-corrected chi connectivity index (χ3v) is 4.02. The van der Waals surface area contributed by atoms with Crippen molar-refractivity contribution in [1.29, 1.82) is 0 Å². The zero-order chi connectivity index (χ0) is 9.12. The molecule has 0 amide bonds. The Morgan fingerprint density at radius 2 is 1.82 bits per heavy atom. The molecular weight excluding hydrogens is 282 g/mol. The molecule has 0 atom stereocenters. The first-order valence-electron chi connectivity index (χ1n) is 3.28. The molecule has 11 heavy (non-hydrogen) atoms. The molecule has 0 rings (SSSR count). The van der Waals surface area contributed by atoms with Gasteiger partial charge in [-0.05, 0) is 35.4 Å². The number of alkyl halides is 1. The van der Waals surface area contributed by atoms with Gasteiger partial charge in [0.1, 0.15) is 3.61 Å². The highest BCUT2D eigenvalue weighted by Crippen LogP contribution is 2.46. The topological polar surface area (TPSA) is 66.8 Å². The molecule has 0 fully saturated rings. The van der Waals surface area contributed by atoms with E-state index in [2.05, 4.69) is 4.52 Å². The largest absolute Gasteiger partial charge is 0.470 e. The highest BCUT2D eigenvalue weighted by molar-refractivity contribution is 14.1. The van der Waals surface area contributed by atoms with Gasteiger partial charge in [0.25, 0.3) is 0 Å². The van der Waals surface area contributed by atoms with Crippen LogP contribution in [0.1, 0.15) is 26.7 Å². The minimum atomic E-state index is -4.33. The van der Waals surface area contributed by atoms with Crippen molar-refractivity contribution in [3.63, 3.8) is 0 Å². The molecule has 0 heterocycles. The third-order valence-electron chi connectivity index (χ3n) is 1.34.